The van der Waals surface area contributed by atoms with Crippen LogP contribution >= 0.6 is 24.0 Å². The highest BCUT2D eigenvalue weighted by Gasteiger charge is 2.21. The van der Waals surface area contributed by atoms with Crippen molar-refractivity contribution in [1.29, 1.82) is 0 Å². The summed E-state index contributed by atoms with van der Waals surface area (Å²) in [7, 11) is 3.95. The Kier molecular flexibility index (Phi) is 9.64. The van der Waals surface area contributed by atoms with E-state index in [0.29, 0.717) is 13.1 Å². The van der Waals surface area contributed by atoms with Crippen LogP contribution in [0.3, 0.4) is 0 Å². The highest BCUT2D eigenvalue weighted by molar-refractivity contribution is 14.0. The molecular weight excluding hydrogens is 468 g/mol. The number of aromatic nitrogens is 1. The minimum Gasteiger partial charge on any atom is -0.362 e. The van der Waals surface area contributed by atoms with Gasteiger partial charge in [0.15, 0.2) is 5.96 Å². The number of rotatable bonds is 7. The average molecular weight is 499 g/mol. The molecule has 0 spiro atoms. The van der Waals surface area contributed by atoms with E-state index in [1.165, 1.54) is 6.07 Å². The first-order valence-corrected chi connectivity index (χ1v) is 9.23. The number of guanidine groups is 1. The lowest BCUT2D eigenvalue weighted by molar-refractivity contribution is 0.503. The van der Waals surface area contributed by atoms with Crippen molar-refractivity contribution in [2.24, 2.45) is 4.99 Å². The van der Waals surface area contributed by atoms with E-state index in [1.54, 1.807) is 18.3 Å². The van der Waals surface area contributed by atoms with Crippen LogP contribution in [0.25, 0.3) is 0 Å². The molecule has 0 saturated carbocycles. The molecule has 0 unspecified atom stereocenters. The Bertz CT molecular complexity index is 777. The van der Waals surface area contributed by atoms with Gasteiger partial charge in [-0.2, -0.15) is 0 Å². The topological polar surface area (TPSA) is 52.6 Å². The normalized spacial score (nSPS) is 11.6. The lowest BCUT2D eigenvalue weighted by Gasteiger charge is -2.27. The second kappa shape index (κ2) is 11.2. The molecule has 0 aliphatic heterocycles. The van der Waals surface area contributed by atoms with Gasteiger partial charge in [0.2, 0.25) is 0 Å². The van der Waals surface area contributed by atoms with Crippen molar-refractivity contribution in [2.75, 3.05) is 32.1 Å². The maximum atomic E-state index is 13.6. The lowest BCUT2D eigenvalue weighted by atomic mass is 9.84. The van der Waals surface area contributed by atoms with Gasteiger partial charge in [0.1, 0.15) is 11.6 Å². The summed E-state index contributed by atoms with van der Waals surface area (Å²) in [4.78, 5) is 11.1. The summed E-state index contributed by atoms with van der Waals surface area (Å²) in [5.41, 5.74) is 1.78. The summed E-state index contributed by atoms with van der Waals surface area (Å²) in [5.74, 6) is 1.43. The van der Waals surface area contributed by atoms with Crippen LogP contribution in [0.15, 0.2) is 47.6 Å². The number of aliphatic imine (C=N–C) groups is 1. The highest BCUT2D eigenvalue weighted by Crippen LogP contribution is 2.23. The van der Waals surface area contributed by atoms with Gasteiger partial charge in [-0.15, -0.1) is 24.0 Å². The van der Waals surface area contributed by atoms with Crippen molar-refractivity contribution in [3.05, 3.63) is 59.5 Å². The Labute approximate surface area is 184 Å². The van der Waals surface area contributed by atoms with Crippen molar-refractivity contribution >= 4 is 35.8 Å². The van der Waals surface area contributed by atoms with Crippen molar-refractivity contribution in [1.82, 2.24) is 15.6 Å². The van der Waals surface area contributed by atoms with E-state index < -0.39 is 0 Å². The molecule has 0 aliphatic rings. The molecule has 0 fully saturated rings. The number of anilines is 1. The molecule has 1 aromatic carbocycles. The van der Waals surface area contributed by atoms with Crippen LogP contribution in [0.4, 0.5) is 10.2 Å². The average Bonchev–Trinajstić information content (AvgIpc) is 2.64. The standard InChI is InChI=1S/C21H30FN5.HI/c1-6-23-20(25-14-16-9-8-12-24-19(16)27(4)5)26-15-21(2,3)17-10-7-11-18(22)13-17;/h7-13H,6,14-15H2,1-5H3,(H2,23,25,26);1H. The molecule has 1 heterocycles. The van der Waals surface area contributed by atoms with Crippen LogP contribution in [0.1, 0.15) is 31.9 Å². The molecule has 0 saturated heterocycles. The third-order valence-corrected chi connectivity index (χ3v) is 4.35. The number of halogens is 2. The Morgan fingerprint density at radius 2 is 1.93 bits per heavy atom. The van der Waals surface area contributed by atoms with E-state index in [2.05, 4.69) is 29.5 Å². The number of hydrogen-bond donors (Lipinski definition) is 2. The number of benzene rings is 1. The largest absolute Gasteiger partial charge is 0.362 e. The maximum absolute atomic E-state index is 13.6. The maximum Gasteiger partial charge on any atom is 0.191 e. The van der Waals surface area contributed by atoms with Gasteiger partial charge >= 0.3 is 0 Å². The van der Waals surface area contributed by atoms with Crippen LogP contribution < -0.4 is 15.5 Å². The van der Waals surface area contributed by atoms with E-state index in [9.17, 15) is 4.39 Å². The first-order chi connectivity index (χ1) is 12.8. The monoisotopic (exact) mass is 499 g/mol. The molecule has 1 aromatic heterocycles. The fraction of sp³-hybridized carbons (Fsp3) is 0.429. The third-order valence-electron chi connectivity index (χ3n) is 4.35. The summed E-state index contributed by atoms with van der Waals surface area (Å²) in [6, 6.07) is 10.7. The SMILES string of the molecule is CCNC(=NCc1cccnc1N(C)C)NCC(C)(C)c1cccc(F)c1.I. The van der Waals surface area contributed by atoms with Crippen molar-refractivity contribution in [3.8, 4) is 0 Å². The Balaban J connectivity index is 0.00000392. The number of nitrogens with one attached hydrogen (secondary N) is 2. The van der Waals surface area contributed by atoms with Gasteiger partial charge in [0.25, 0.3) is 0 Å². The Morgan fingerprint density at radius 1 is 1.18 bits per heavy atom. The molecule has 154 valence electrons. The van der Waals surface area contributed by atoms with Crippen molar-refractivity contribution < 1.29 is 4.39 Å². The van der Waals surface area contributed by atoms with Gasteiger partial charge in [-0.05, 0) is 30.7 Å². The summed E-state index contributed by atoms with van der Waals surface area (Å²) >= 11 is 0. The van der Waals surface area contributed by atoms with Gasteiger partial charge < -0.3 is 15.5 Å². The number of nitrogens with zero attached hydrogens (tertiary/aromatic N) is 3. The number of hydrogen-bond acceptors (Lipinski definition) is 3. The molecule has 2 aromatic rings. The fourth-order valence-electron chi connectivity index (χ4n) is 2.78. The van der Waals surface area contributed by atoms with Crippen molar-refractivity contribution in [2.45, 2.75) is 32.7 Å². The van der Waals surface area contributed by atoms with Crippen molar-refractivity contribution in [3.63, 3.8) is 0 Å². The van der Waals surface area contributed by atoms with E-state index >= 15 is 0 Å². The zero-order valence-corrected chi connectivity index (χ0v) is 19.6. The second-order valence-electron chi connectivity index (χ2n) is 7.32. The molecule has 0 radical (unpaired) electrons. The van der Waals surface area contributed by atoms with Gasteiger partial charge in [0, 0.05) is 44.4 Å². The van der Waals surface area contributed by atoms with E-state index in [4.69, 9.17) is 4.99 Å². The van der Waals surface area contributed by atoms with E-state index in [1.807, 2.05) is 44.1 Å². The third kappa shape index (κ3) is 6.92. The molecular formula is C21H31FIN5. The minimum atomic E-state index is -0.235. The summed E-state index contributed by atoms with van der Waals surface area (Å²) in [6.45, 7) is 8.13. The zero-order chi connectivity index (χ0) is 19.9. The molecule has 0 bridgehead atoms. The van der Waals surface area contributed by atoms with Gasteiger partial charge in [0.05, 0.1) is 6.54 Å². The molecule has 0 aliphatic carbocycles. The van der Waals surface area contributed by atoms with E-state index in [0.717, 1.165) is 29.4 Å². The highest BCUT2D eigenvalue weighted by atomic mass is 127. The summed E-state index contributed by atoms with van der Waals surface area (Å²) in [5, 5.41) is 6.65. The predicted molar refractivity (Wildman–Crippen MR) is 126 cm³/mol. The summed E-state index contributed by atoms with van der Waals surface area (Å²) < 4.78 is 13.6. The van der Waals surface area contributed by atoms with Crippen LogP contribution in [0.5, 0.6) is 0 Å². The first kappa shape index (κ1) is 24.1. The Morgan fingerprint density at radius 3 is 2.57 bits per heavy atom. The zero-order valence-electron chi connectivity index (χ0n) is 17.3. The predicted octanol–water partition coefficient (Wildman–Crippen LogP) is 3.94. The van der Waals surface area contributed by atoms with E-state index in [-0.39, 0.29) is 35.2 Å². The van der Waals surface area contributed by atoms with Gasteiger partial charge in [-0.25, -0.2) is 14.4 Å². The molecule has 7 heteroatoms. The minimum absolute atomic E-state index is 0. The molecule has 0 atom stereocenters. The van der Waals surface area contributed by atoms with Gasteiger partial charge in [-0.1, -0.05) is 32.0 Å². The number of pyridine rings is 1. The quantitative estimate of drug-likeness (QED) is 0.345. The lowest BCUT2D eigenvalue weighted by Crippen LogP contribution is -2.43. The molecule has 28 heavy (non-hydrogen) atoms. The summed E-state index contributed by atoms with van der Waals surface area (Å²) in [6.07, 6.45) is 1.79. The van der Waals surface area contributed by atoms with Crippen LogP contribution in [0, 0.1) is 5.82 Å². The van der Waals surface area contributed by atoms with Crippen LogP contribution in [-0.2, 0) is 12.0 Å². The van der Waals surface area contributed by atoms with Crippen LogP contribution in [-0.4, -0.2) is 38.1 Å². The molecule has 0 amide bonds. The van der Waals surface area contributed by atoms with Gasteiger partial charge in [-0.3, -0.25) is 0 Å². The van der Waals surface area contributed by atoms with Crippen LogP contribution in [0.2, 0.25) is 0 Å². The molecule has 5 nitrogen and oxygen atoms in total. The molecule has 2 rings (SSSR count). The fourth-order valence-corrected chi connectivity index (χ4v) is 2.78. The smallest absolute Gasteiger partial charge is 0.191 e. The first-order valence-electron chi connectivity index (χ1n) is 9.23. The second-order valence-corrected chi connectivity index (χ2v) is 7.32. The molecule has 2 N–H and O–H groups in total. The Hall–Kier alpha value is -1.90.